The third-order valence-corrected chi connectivity index (χ3v) is 4.81. The average molecular weight is 326 g/mol. The highest BCUT2D eigenvalue weighted by atomic mass is 79.9. The van der Waals surface area contributed by atoms with Gasteiger partial charge in [-0.05, 0) is 35.2 Å². The molecule has 4 heteroatoms. The van der Waals surface area contributed by atoms with Crippen LogP contribution in [0.25, 0.3) is 0 Å². The van der Waals surface area contributed by atoms with Gasteiger partial charge in [0.1, 0.15) is 11.6 Å². The Morgan fingerprint density at radius 1 is 1.11 bits per heavy atom. The minimum atomic E-state index is 0.547. The lowest BCUT2D eigenvalue weighted by atomic mass is 9.90. The topological polar surface area (TPSA) is 37.8 Å². The summed E-state index contributed by atoms with van der Waals surface area (Å²) in [5.41, 5.74) is 1.12. The SMILES string of the molecule is CCc1nc(C2CCCCCCC2)nc(NC)c1Br. The summed E-state index contributed by atoms with van der Waals surface area (Å²) >= 11 is 3.60. The third-order valence-electron chi connectivity index (χ3n) is 3.98. The van der Waals surface area contributed by atoms with E-state index in [0.29, 0.717) is 5.92 Å². The Hall–Kier alpha value is -0.640. The van der Waals surface area contributed by atoms with Gasteiger partial charge in [-0.25, -0.2) is 9.97 Å². The lowest BCUT2D eigenvalue weighted by molar-refractivity contribution is 0.441. The molecule has 0 aromatic carbocycles. The molecule has 2 rings (SSSR count). The molecule has 0 spiro atoms. The quantitative estimate of drug-likeness (QED) is 0.877. The second kappa shape index (κ2) is 7.22. The van der Waals surface area contributed by atoms with Gasteiger partial charge in [-0.1, -0.05) is 39.0 Å². The Bertz CT molecular complexity index is 387. The minimum absolute atomic E-state index is 0.547. The molecular formula is C15H24BrN3. The lowest BCUT2D eigenvalue weighted by Gasteiger charge is -2.20. The number of anilines is 1. The van der Waals surface area contributed by atoms with E-state index in [1.807, 2.05) is 7.05 Å². The van der Waals surface area contributed by atoms with Gasteiger partial charge in [-0.2, -0.15) is 0 Å². The maximum Gasteiger partial charge on any atom is 0.144 e. The van der Waals surface area contributed by atoms with Crippen LogP contribution in [0.5, 0.6) is 0 Å². The number of hydrogen-bond donors (Lipinski definition) is 1. The molecule has 106 valence electrons. The first-order valence-electron chi connectivity index (χ1n) is 7.50. The Balaban J connectivity index is 2.26. The predicted octanol–water partition coefficient (Wildman–Crippen LogP) is 4.67. The molecule has 1 aromatic heterocycles. The molecular weight excluding hydrogens is 302 g/mol. The largest absolute Gasteiger partial charge is 0.372 e. The molecule has 0 bridgehead atoms. The van der Waals surface area contributed by atoms with Gasteiger partial charge in [0, 0.05) is 13.0 Å². The summed E-state index contributed by atoms with van der Waals surface area (Å²) in [6, 6.07) is 0. The van der Waals surface area contributed by atoms with E-state index < -0.39 is 0 Å². The minimum Gasteiger partial charge on any atom is -0.372 e. The molecule has 3 nitrogen and oxygen atoms in total. The van der Waals surface area contributed by atoms with Crippen LogP contribution < -0.4 is 5.32 Å². The average Bonchev–Trinajstić information content (AvgIpc) is 2.39. The van der Waals surface area contributed by atoms with Gasteiger partial charge in [0.15, 0.2) is 0 Å². The molecule has 1 aromatic rings. The number of hydrogen-bond acceptors (Lipinski definition) is 3. The van der Waals surface area contributed by atoms with Gasteiger partial charge in [0.05, 0.1) is 10.2 Å². The van der Waals surface area contributed by atoms with Gasteiger partial charge in [-0.15, -0.1) is 0 Å². The monoisotopic (exact) mass is 325 g/mol. The smallest absolute Gasteiger partial charge is 0.144 e. The van der Waals surface area contributed by atoms with E-state index in [1.54, 1.807) is 0 Å². The molecule has 19 heavy (non-hydrogen) atoms. The van der Waals surface area contributed by atoms with Crippen LogP contribution in [-0.2, 0) is 6.42 Å². The van der Waals surface area contributed by atoms with E-state index in [1.165, 1.54) is 44.9 Å². The summed E-state index contributed by atoms with van der Waals surface area (Å²) < 4.78 is 1.02. The number of nitrogens with zero attached hydrogens (tertiary/aromatic N) is 2. The van der Waals surface area contributed by atoms with Crippen LogP contribution in [0.4, 0.5) is 5.82 Å². The molecule has 0 radical (unpaired) electrons. The van der Waals surface area contributed by atoms with Crippen molar-refractivity contribution in [3.8, 4) is 0 Å². The van der Waals surface area contributed by atoms with Crippen molar-refractivity contribution in [1.82, 2.24) is 9.97 Å². The van der Waals surface area contributed by atoms with E-state index in [4.69, 9.17) is 9.97 Å². The van der Waals surface area contributed by atoms with Crippen LogP contribution in [0.3, 0.4) is 0 Å². The second-order valence-corrected chi connectivity index (χ2v) is 6.13. The number of rotatable bonds is 3. The lowest BCUT2D eigenvalue weighted by Crippen LogP contribution is -2.11. The van der Waals surface area contributed by atoms with E-state index in [2.05, 4.69) is 28.2 Å². The summed E-state index contributed by atoms with van der Waals surface area (Å²) in [6.45, 7) is 2.15. The van der Waals surface area contributed by atoms with Gasteiger partial charge < -0.3 is 5.32 Å². The fourth-order valence-corrected chi connectivity index (χ4v) is 3.47. The van der Waals surface area contributed by atoms with Crippen LogP contribution in [0.1, 0.15) is 69.3 Å². The molecule has 1 heterocycles. The first-order chi connectivity index (χ1) is 9.26. The zero-order chi connectivity index (χ0) is 13.7. The number of nitrogens with one attached hydrogen (secondary N) is 1. The molecule has 1 N–H and O–H groups in total. The van der Waals surface area contributed by atoms with Crippen LogP contribution in [-0.4, -0.2) is 17.0 Å². The van der Waals surface area contributed by atoms with Crippen LogP contribution in [0, 0.1) is 0 Å². The third kappa shape index (κ3) is 3.68. The molecule has 0 aliphatic heterocycles. The molecule has 1 fully saturated rings. The zero-order valence-corrected chi connectivity index (χ0v) is 13.6. The maximum absolute atomic E-state index is 4.80. The highest BCUT2D eigenvalue weighted by Crippen LogP contribution is 2.32. The zero-order valence-electron chi connectivity index (χ0n) is 12.0. The Morgan fingerprint density at radius 2 is 1.74 bits per heavy atom. The van der Waals surface area contributed by atoms with Crippen LogP contribution in [0.2, 0.25) is 0 Å². The van der Waals surface area contributed by atoms with Crippen molar-refractivity contribution in [1.29, 1.82) is 0 Å². The van der Waals surface area contributed by atoms with Crippen molar-refractivity contribution in [2.24, 2.45) is 0 Å². The first kappa shape index (κ1) is 14.8. The van der Waals surface area contributed by atoms with Gasteiger partial charge >= 0.3 is 0 Å². The second-order valence-electron chi connectivity index (χ2n) is 5.34. The van der Waals surface area contributed by atoms with Crippen molar-refractivity contribution in [2.45, 2.75) is 64.2 Å². The van der Waals surface area contributed by atoms with Gasteiger partial charge in [-0.3, -0.25) is 0 Å². The first-order valence-corrected chi connectivity index (χ1v) is 8.29. The molecule has 1 saturated carbocycles. The standard InChI is InChI=1S/C15H24BrN3/c1-3-12-13(16)15(17-2)19-14(18-12)11-9-7-5-4-6-8-10-11/h11H,3-10H2,1-2H3,(H,17,18,19). The van der Waals surface area contributed by atoms with Crippen molar-refractivity contribution >= 4 is 21.7 Å². The number of aromatic nitrogens is 2. The molecule has 0 amide bonds. The van der Waals surface area contributed by atoms with Crippen molar-refractivity contribution in [2.75, 3.05) is 12.4 Å². The summed E-state index contributed by atoms with van der Waals surface area (Å²) in [5.74, 6) is 2.53. The maximum atomic E-state index is 4.80. The Kier molecular flexibility index (Phi) is 5.61. The summed E-state index contributed by atoms with van der Waals surface area (Å²) in [6.07, 6.45) is 10.2. The number of halogens is 1. The highest BCUT2D eigenvalue weighted by molar-refractivity contribution is 9.10. The Morgan fingerprint density at radius 3 is 2.32 bits per heavy atom. The van der Waals surface area contributed by atoms with Crippen molar-refractivity contribution in [3.05, 3.63) is 16.0 Å². The van der Waals surface area contributed by atoms with Crippen molar-refractivity contribution < 1.29 is 0 Å². The molecule has 0 atom stereocenters. The predicted molar refractivity (Wildman–Crippen MR) is 83.7 cm³/mol. The van der Waals surface area contributed by atoms with E-state index in [-0.39, 0.29) is 0 Å². The summed E-state index contributed by atoms with van der Waals surface area (Å²) in [5, 5.41) is 3.18. The Labute approximate surface area is 124 Å². The van der Waals surface area contributed by atoms with E-state index in [0.717, 1.165) is 28.2 Å². The van der Waals surface area contributed by atoms with E-state index >= 15 is 0 Å². The summed E-state index contributed by atoms with van der Waals surface area (Å²) in [4.78, 5) is 9.52. The fraction of sp³-hybridized carbons (Fsp3) is 0.733. The summed E-state index contributed by atoms with van der Waals surface area (Å²) in [7, 11) is 1.93. The molecule has 0 unspecified atom stereocenters. The van der Waals surface area contributed by atoms with Crippen LogP contribution >= 0.6 is 15.9 Å². The van der Waals surface area contributed by atoms with Crippen molar-refractivity contribution in [3.63, 3.8) is 0 Å². The van der Waals surface area contributed by atoms with Gasteiger partial charge in [0.2, 0.25) is 0 Å². The number of aryl methyl sites for hydroxylation is 1. The molecule has 0 saturated heterocycles. The fourth-order valence-electron chi connectivity index (χ4n) is 2.81. The van der Waals surface area contributed by atoms with E-state index in [9.17, 15) is 0 Å². The van der Waals surface area contributed by atoms with Gasteiger partial charge in [0.25, 0.3) is 0 Å². The molecule has 1 aliphatic rings. The van der Waals surface area contributed by atoms with Crippen LogP contribution in [0.15, 0.2) is 4.47 Å². The molecule has 1 aliphatic carbocycles. The normalized spacial score (nSPS) is 17.8. The highest BCUT2D eigenvalue weighted by Gasteiger charge is 2.19.